The molecule has 37 heavy (non-hydrogen) atoms. The third kappa shape index (κ3) is 5.21. The fourth-order valence-electron chi connectivity index (χ4n) is 4.91. The molecule has 1 aromatic heterocycles. The maximum atomic E-state index is 13.7. The zero-order chi connectivity index (χ0) is 26.0. The highest BCUT2D eigenvalue weighted by atomic mass is 19.1. The number of aromatic amines is 1. The Kier molecular flexibility index (Phi) is 6.94. The van der Waals surface area contributed by atoms with E-state index in [1.807, 2.05) is 44.2 Å². The Bertz CT molecular complexity index is 1250. The topological polar surface area (TPSA) is 103 Å². The van der Waals surface area contributed by atoms with Crippen LogP contribution >= 0.6 is 0 Å². The van der Waals surface area contributed by atoms with Gasteiger partial charge in [-0.05, 0) is 43.7 Å². The van der Waals surface area contributed by atoms with Crippen LogP contribution in [-0.2, 0) is 16.8 Å². The van der Waals surface area contributed by atoms with Gasteiger partial charge in [-0.2, -0.15) is 5.10 Å². The van der Waals surface area contributed by atoms with Gasteiger partial charge in [0.05, 0.1) is 37.0 Å². The molecule has 10 heteroatoms. The normalized spacial score (nSPS) is 17.8. The second-order valence-electron chi connectivity index (χ2n) is 9.86. The molecule has 0 saturated carbocycles. The second-order valence-corrected chi connectivity index (χ2v) is 9.86. The summed E-state index contributed by atoms with van der Waals surface area (Å²) >= 11 is 0. The Balaban J connectivity index is 1.32. The first kappa shape index (κ1) is 24.9. The number of nitrogens with zero attached hydrogens (tertiary/aromatic N) is 3. The smallest absolute Gasteiger partial charge is 0.319 e. The molecule has 0 aliphatic carbocycles. The van der Waals surface area contributed by atoms with Gasteiger partial charge >= 0.3 is 6.03 Å². The fourth-order valence-corrected chi connectivity index (χ4v) is 4.91. The fraction of sp³-hybridized carbons (Fsp3) is 0.370. The van der Waals surface area contributed by atoms with Crippen LogP contribution in [0.3, 0.4) is 0 Å². The van der Waals surface area contributed by atoms with Crippen molar-refractivity contribution in [1.82, 2.24) is 25.3 Å². The van der Waals surface area contributed by atoms with Crippen molar-refractivity contribution >= 4 is 17.8 Å². The van der Waals surface area contributed by atoms with E-state index in [1.54, 1.807) is 4.90 Å². The minimum absolute atomic E-state index is 0.197. The van der Waals surface area contributed by atoms with E-state index in [4.69, 9.17) is 4.74 Å². The van der Waals surface area contributed by atoms with Gasteiger partial charge in [0.25, 0.3) is 5.91 Å². The van der Waals surface area contributed by atoms with E-state index >= 15 is 0 Å². The van der Waals surface area contributed by atoms with Gasteiger partial charge in [-0.25, -0.2) is 9.18 Å². The van der Waals surface area contributed by atoms with Crippen molar-refractivity contribution in [3.8, 4) is 0 Å². The number of H-pyrrole nitrogens is 1. The van der Waals surface area contributed by atoms with Gasteiger partial charge in [0, 0.05) is 30.8 Å². The summed E-state index contributed by atoms with van der Waals surface area (Å²) in [4.78, 5) is 30.4. The zero-order valence-corrected chi connectivity index (χ0v) is 21.0. The third-order valence-electron chi connectivity index (χ3n) is 7.10. The van der Waals surface area contributed by atoms with Gasteiger partial charge in [0.15, 0.2) is 5.82 Å². The van der Waals surface area contributed by atoms with Gasteiger partial charge in [0.2, 0.25) is 0 Å². The largest absolute Gasteiger partial charge is 0.379 e. The van der Waals surface area contributed by atoms with Crippen molar-refractivity contribution in [3.63, 3.8) is 0 Å². The SMILES string of the molecule is CC1(C)c2[nH]nc(NC(=O)c3ccc(F)cc3)c2CN1C(=O)NC(CN1CCOCC1)c1ccccc1. The standard InChI is InChI=1S/C27H31FN6O3/c1-27(2)23-21(24(32-31-23)30-25(35)19-8-10-20(28)11-9-19)16-34(27)26(36)29-22(18-6-4-3-5-7-18)17-33-12-14-37-15-13-33/h3-11,22H,12-17H2,1-2H3,(H,29,36)(H2,30,31,32,35). The van der Waals surface area contributed by atoms with E-state index in [0.717, 1.165) is 29.9 Å². The number of carbonyl (C=O) groups is 2. The number of morpholine rings is 1. The maximum Gasteiger partial charge on any atom is 0.319 e. The van der Waals surface area contributed by atoms with Crippen LogP contribution in [0, 0.1) is 5.82 Å². The summed E-state index contributed by atoms with van der Waals surface area (Å²) in [7, 11) is 0. The first-order valence-electron chi connectivity index (χ1n) is 12.4. The van der Waals surface area contributed by atoms with Crippen LogP contribution in [0.15, 0.2) is 54.6 Å². The average molecular weight is 507 g/mol. The van der Waals surface area contributed by atoms with E-state index in [0.29, 0.717) is 31.1 Å². The minimum atomic E-state index is -0.675. The highest BCUT2D eigenvalue weighted by molar-refractivity contribution is 6.04. The number of benzene rings is 2. The number of anilines is 1. The van der Waals surface area contributed by atoms with E-state index in [-0.39, 0.29) is 18.6 Å². The Morgan fingerprint density at radius 2 is 1.81 bits per heavy atom. The summed E-state index contributed by atoms with van der Waals surface area (Å²) in [6, 6.07) is 14.9. The molecule has 1 fully saturated rings. The number of fused-ring (bicyclic) bond motifs is 1. The maximum absolute atomic E-state index is 13.7. The van der Waals surface area contributed by atoms with Gasteiger partial charge in [-0.1, -0.05) is 30.3 Å². The zero-order valence-electron chi connectivity index (χ0n) is 21.0. The van der Waals surface area contributed by atoms with Crippen molar-refractivity contribution in [2.75, 3.05) is 38.2 Å². The highest BCUT2D eigenvalue weighted by Gasteiger charge is 2.44. The summed E-state index contributed by atoms with van der Waals surface area (Å²) in [6.07, 6.45) is 0. The summed E-state index contributed by atoms with van der Waals surface area (Å²) in [5.41, 5.74) is 2.19. The van der Waals surface area contributed by atoms with E-state index < -0.39 is 17.3 Å². The predicted molar refractivity (Wildman–Crippen MR) is 136 cm³/mol. The molecule has 1 unspecified atom stereocenters. The Morgan fingerprint density at radius 1 is 1.11 bits per heavy atom. The third-order valence-corrected chi connectivity index (χ3v) is 7.10. The second kappa shape index (κ2) is 10.3. The molecule has 3 heterocycles. The Labute approximate surface area is 215 Å². The van der Waals surface area contributed by atoms with Crippen molar-refractivity contribution in [1.29, 1.82) is 0 Å². The monoisotopic (exact) mass is 506 g/mol. The molecule has 1 atom stereocenters. The van der Waals surface area contributed by atoms with Crippen LogP contribution in [0.2, 0.25) is 0 Å². The number of rotatable bonds is 6. The molecule has 5 rings (SSSR count). The lowest BCUT2D eigenvalue weighted by Crippen LogP contribution is -2.50. The van der Waals surface area contributed by atoms with Crippen LogP contribution in [0.25, 0.3) is 0 Å². The average Bonchev–Trinajstić information content (AvgIpc) is 3.42. The van der Waals surface area contributed by atoms with E-state index in [9.17, 15) is 14.0 Å². The van der Waals surface area contributed by atoms with Gasteiger partial charge in [0.1, 0.15) is 5.82 Å². The first-order chi connectivity index (χ1) is 17.8. The van der Waals surface area contributed by atoms with Crippen molar-refractivity contribution in [2.24, 2.45) is 0 Å². The van der Waals surface area contributed by atoms with Gasteiger partial charge in [-0.3, -0.25) is 14.8 Å². The highest BCUT2D eigenvalue weighted by Crippen LogP contribution is 2.40. The molecular weight excluding hydrogens is 475 g/mol. The molecule has 0 bridgehead atoms. The predicted octanol–water partition coefficient (Wildman–Crippen LogP) is 3.63. The van der Waals surface area contributed by atoms with Crippen LogP contribution in [0.1, 0.15) is 47.1 Å². The number of amides is 3. The van der Waals surface area contributed by atoms with E-state index in [2.05, 4.69) is 25.7 Å². The molecule has 0 spiro atoms. The Hall–Kier alpha value is -3.76. The van der Waals surface area contributed by atoms with Crippen LogP contribution < -0.4 is 10.6 Å². The van der Waals surface area contributed by atoms with Crippen molar-refractivity contribution in [3.05, 3.63) is 82.8 Å². The molecule has 1 saturated heterocycles. The first-order valence-corrected chi connectivity index (χ1v) is 12.4. The van der Waals surface area contributed by atoms with E-state index in [1.165, 1.54) is 24.3 Å². The molecule has 3 N–H and O–H groups in total. The molecular formula is C27H31FN6O3. The van der Waals surface area contributed by atoms with Crippen molar-refractivity contribution < 1.29 is 18.7 Å². The lowest BCUT2D eigenvalue weighted by atomic mass is 10.0. The number of carbonyl (C=O) groups excluding carboxylic acids is 2. The molecule has 194 valence electrons. The number of halogens is 1. The molecule has 3 amide bonds. The van der Waals surface area contributed by atoms with Crippen LogP contribution in [0.4, 0.5) is 15.0 Å². The number of urea groups is 1. The van der Waals surface area contributed by atoms with Gasteiger partial charge in [-0.15, -0.1) is 0 Å². The number of ether oxygens (including phenoxy) is 1. The number of hydrogen-bond donors (Lipinski definition) is 3. The summed E-state index contributed by atoms with van der Waals surface area (Å²) in [5, 5.41) is 13.3. The van der Waals surface area contributed by atoms with Crippen LogP contribution in [0.5, 0.6) is 0 Å². The minimum Gasteiger partial charge on any atom is -0.379 e. The summed E-state index contributed by atoms with van der Waals surface area (Å²) < 4.78 is 18.7. The molecule has 3 aromatic rings. The quantitative estimate of drug-likeness (QED) is 0.474. The number of aromatic nitrogens is 2. The molecule has 2 aromatic carbocycles. The lowest BCUT2D eigenvalue weighted by molar-refractivity contribution is 0.0333. The van der Waals surface area contributed by atoms with Crippen LogP contribution in [-0.4, -0.2) is 64.8 Å². The lowest BCUT2D eigenvalue weighted by Gasteiger charge is -2.35. The van der Waals surface area contributed by atoms with Gasteiger partial charge < -0.3 is 20.3 Å². The van der Waals surface area contributed by atoms with Crippen molar-refractivity contribution in [2.45, 2.75) is 32.0 Å². The number of hydrogen-bond acceptors (Lipinski definition) is 5. The molecule has 2 aliphatic rings. The molecule has 9 nitrogen and oxygen atoms in total. The molecule has 2 aliphatic heterocycles. The summed E-state index contributed by atoms with van der Waals surface area (Å²) in [5.74, 6) is -0.451. The number of nitrogens with one attached hydrogen (secondary N) is 3. The molecule has 0 radical (unpaired) electrons. The summed E-state index contributed by atoms with van der Waals surface area (Å²) in [6.45, 7) is 7.86. The Morgan fingerprint density at radius 3 is 2.51 bits per heavy atom.